The number of thioether (sulfide) groups is 1. The van der Waals surface area contributed by atoms with Crippen LogP contribution in [0.15, 0.2) is 27.8 Å². The number of ether oxygens (including phenoxy) is 1. The summed E-state index contributed by atoms with van der Waals surface area (Å²) in [4.78, 5) is 22.4. The first-order valence-electron chi connectivity index (χ1n) is 8.48. The highest BCUT2D eigenvalue weighted by atomic mass is 32.2. The van der Waals surface area contributed by atoms with Crippen LogP contribution in [0.2, 0.25) is 0 Å². The smallest absolute Gasteiger partial charge is 0.190 e. The minimum absolute atomic E-state index is 0.105. The van der Waals surface area contributed by atoms with Gasteiger partial charge in [-0.15, -0.1) is 0 Å². The molecule has 0 aromatic carbocycles. The molecule has 0 saturated carbocycles. The summed E-state index contributed by atoms with van der Waals surface area (Å²) >= 11 is 1.42. The number of aromatic nitrogens is 2. The quantitative estimate of drug-likeness (QED) is 0.577. The number of rotatable bonds is 5. The molecule has 2 aromatic rings. The lowest BCUT2D eigenvalue weighted by molar-refractivity contribution is -0.257. The van der Waals surface area contributed by atoms with Crippen LogP contribution in [0, 0.1) is 0 Å². The highest BCUT2D eigenvalue weighted by molar-refractivity contribution is 7.98. The second kappa shape index (κ2) is 7.67. The third-order valence-electron chi connectivity index (χ3n) is 4.00. The van der Waals surface area contributed by atoms with E-state index in [9.17, 15) is 9.90 Å². The molecule has 0 bridgehead atoms. The summed E-state index contributed by atoms with van der Waals surface area (Å²) in [6.07, 6.45) is 0. The average molecular weight is 376 g/mol. The van der Waals surface area contributed by atoms with Gasteiger partial charge in [-0.2, -0.15) is 0 Å². The Morgan fingerprint density at radius 2 is 2.00 bits per heavy atom. The van der Waals surface area contributed by atoms with Crippen LogP contribution in [0.3, 0.4) is 0 Å². The Morgan fingerprint density at radius 3 is 2.62 bits per heavy atom. The maximum absolute atomic E-state index is 10.8. The van der Waals surface area contributed by atoms with Crippen molar-refractivity contribution in [2.24, 2.45) is 0 Å². The van der Waals surface area contributed by atoms with E-state index >= 15 is 0 Å². The van der Waals surface area contributed by atoms with E-state index in [2.05, 4.69) is 35.6 Å². The molecule has 140 valence electrons. The average Bonchev–Trinajstić information content (AvgIpc) is 3.09. The van der Waals surface area contributed by atoms with Crippen LogP contribution in [0.1, 0.15) is 42.8 Å². The van der Waals surface area contributed by atoms with Gasteiger partial charge < -0.3 is 24.0 Å². The van der Waals surface area contributed by atoms with E-state index < -0.39 is 5.97 Å². The molecule has 3 rings (SSSR count). The summed E-state index contributed by atoms with van der Waals surface area (Å²) in [5.74, 6) is 0.405. The third-order valence-corrected chi connectivity index (χ3v) is 4.87. The number of furan rings is 1. The van der Waals surface area contributed by atoms with E-state index in [1.807, 2.05) is 6.07 Å². The van der Waals surface area contributed by atoms with Gasteiger partial charge in [0.1, 0.15) is 23.3 Å². The maximum Gasteiger partial charge on any atom is 0.190 e. The third kappa shape index (κ3) is 4.56. The van der Waals surface area contributed by atoms with Crippen molar-refractivity contribution < 1.29 is 19.1 Å². The Morgan fingerprint density at radius 1 is 1.27 bits per heavy atom. The standard InChI is InChI=1S/C18H23N3O4S/c1-18(2,3)14-10-15(21-6-8-24-9-7-21)20-17(19-14)26-11-12-4-5-13(25-12)16(22)23/h4-5,10H,6-9,11H2,1-3H3,(H,22,23)/p-1. The summed E-state index contributed by atoms with van der Waals surface area (Å²) < 4.78 is 10.7. The number of nitrogens with zero attached hydrogens (tertiary/aromatic N) is 3. The second-order valence-corrected chi connectivity index (χ2v) is 8.03. The molecule has 1 saturated heterocycles. The van der Waals surface area contributed by atoms with Crippen molar-refractivity contribution in [3.8, 4) is 0 Å². The Hall–Kier alpha value is -2.06. The molecular formula is C18H22N3O4S-. The van der Waals surface area contributed by atoms with E-state index in [1.165, 1.54) is 17.8 Å². The second-order valence-electron chi connectivity index (χ2n) is 7.09. The molecule has 3 heterocycles. The van der Waals surface area contributed by atoms with Gasteiger partial charge in [-0.05, 0) is 12.1 Å². The van der Waals surface area contributed by atoms with Crippen LogP contribution in [0.25, 0.3) is 0 Å². The summed E-state index contributed by atoms with van der Waals surface area (Å²) in [5.41, 5.74) is 0.859. The minimum Gasteiger partial charge on any atom is -0.542 e. The number of hydrogen-bond donors (Lipinski definition) is 0. The molecule has 1 aliphatic rings. The molecule has 26 heavy (non-hydrogen) atoms. The van der Waals surface area contributed by atoms with E-state index in [-0.39, 0.29) is 11.2 Å². The Bertz CT molecular complexity index is 779. The van der Waals surface area contributed by atoms with Crippen molar-refractivity contribution in [3.05, 3.63) is 35.4 Å². The molecule has 1 fully saturated rings. The number of carboxylic acid groups (broad SMARTS) is 1. The molecule has 0 aliphatic carbocycles. The number of carboxylic acids is 1. The van der Waals surface area contributed by atoms with E-state index in [0.29, 0.717) is 29.9 Å². The van der Waals surface area contributed by atoms with Gasteiger partial charge in [-0.1, -0.05) is 32.5 Å². The Labute approximate surface area is 156 Å². The highest BCUT2D eigenvalue weighted by Gasteiger charge is 2.21. The van der Waals surface area contributed by atoms with Crippen LogP contribution in [0.5, 0.6) is 0 Å². The molecule has 0 amide bonds. The highest BCUT2D eigenvalue weighted by Crippen LogP contribution is 2.29. The normalized spacial score (nSPS) is 15.3. The molecule has 0 unspecified atom stereocenters. The van der Waals surface area contributed by atoms with Crippen molar-refractivity contribution in [1.29, 1.82) is 0 Å². The van der Waals surface area contributed by atoms with Gasteiger partial charge in [-0.25, -0.2) is 9.97 Å². The molecule has 0 atom stereocenters. The predicted molar refractivity (Wildman–Crippen MR) is 96.4 cm³/mol. The Kier molecular flexibility index (Phi) is 5.52. The summed E-state index contributed by atoms with van der Waals surface area (Å²) in [6.45, 7) is 9.34. The first-order valence-corrected chi connectivity index (χ1v) is 9.46. The molecule has 0 radical (unpaired) electrons. The minimum atomic E-state index is -1.32. The van der Waals surface area contributed by atoms with Gasteiger partial charge in [0.2, 0.25) is 0 Å². The van der Waals surface area contributed by atoms with Gasteiger partial charge >= 0.3 is 0 Å². The van der Waals surface area contributed by atoms with Crippen molar-refractivity contribution in [2.75, 3.05) is 31.2 Å². The molecule has 8 heteroatoms. The zero-order chi connectivity index (χ0) is 18.7. The number of carbonyl (C=O) groups is 1. The summed E-state index contributed by atoms with van der Waals surface area (Å²) in [5, 5.41) is 11.5. The fourth-order valence-corrected chi connectivity index (χ4v) is 3.26. The monoisotopic (exact) mass is 376 g/mol. The number of aromatic carboxylic acids is 1. The van der Waals surface area contributed by atoms with Crippen LogP contribution >= 0.6 is 11.8 Å². The number of anilines is 1. The summed E-state index contributed by atoms with van der Waals surface area (Å²) in [7, 11) is 0. The number of morpholine rings is 1. The largest absolute Gasteiger partial charge is 0.542 e. The van der Waals surface area contributed by atoms with Gasteiger partial charge in [0.05, 0.1) is 24.7 Å². The molecule has 1 aliphatic heterocycles. The van der Waals surface area contributed by atoms with Crippen molar-refractivity contribution in [3.63, 3.8) is 0 Å². The zero-order valence-corrected chi connectivity index (χ0v) is 16.0. The van der Waals surface area contributed by atoms with Gasteiger partial charge in [0.15, 0.2) is 5.16 Å². The van der Waals surface area contributed by atoms with Crippen LogP contribution < -0.4 is 10.0 Å². The molecule has 0 spiro atoms. The summed E-state index contributed by atoms with van der Waals surface area (Å²) in [6, 6.07) is 5.07. The maximum atomic E-state index is 10.8. The fraction of sp³-hybridized carbons (Fsp3) is 0.500. The van der Waals surface area contributed by atoms with Gasteiger partial charge in [0, 0.05) is 24.6 Å². The zero-order valence-electron chi connectivity index (χ0n) is 15.2. The van der Waals surface area contributed by atoms with Gasteiger partial charge in [-0.3, -0.25) is 0 Å². The van der Waals surface area contributed by atoms with E-state index in [0.717, 1.165) is 24.6 Å². The Balaban J connectivity index is 1.81. The lowest BCUT2D eigenvalue weighted by atomic mass is 9.92. The van der Waals surface area contributed by atoms with Crippen molar-refractivity contribution in [2.45, 2.75) is 37.1 Å². The molecule has 0 N–H and O–H groups in total. The lowest BCUT2D eigenvalue weighted by Gasteiger charge is -2.29. The van der Waals surface area contributed by atoms with Crippen LogP contribution in [-0.4, -0.2) is 42.2 Å². The topological polar surface area (TPSA) is 91.5 Å². The number of hydrogen-bond acceptors (Lipinski definition) is 8. The molecule has 7 nitrogen and oxygen atoms in total. The number of carbonyl (C=O) groups excluding carboxylic acids is 1. The van der Waals surface area contributed by atoms with Crippen LogP contribution in [0.4, 0.5) is 5.82 Å². The lowest BCUT2D eigenvalue weighted by Crippen LogP contribution is -2.37. The van der Waals surface area contributed by atoms with Gasteiger partial charge in [0.25, 0.3) is 0 Å². The molecular weight excluding hydrogens is 354 g/mol. The first kappa shape index (κ1) is 18.7. The predicted octanol–water partition coefficient (Wildman–Crippen LogP) is 1.86. The first-order chi connectivity index (χ1) is 12.3. The van der Waals surface area contributed by atoms with E-state index in [4.69, 9.17) is 9.15 Å². The van der Waals surface area contributed by atoms with Crippen molar-refractivity contribution >= 4 is 23.5 Å². The van der Waals surface area contributed by atoms with Crippen molar-refractivity contribution in [1.82, 2.24) is 9.97 Å². The molecule has 2 aromatic heterocycles. The van der Waals surface area contributed by atoms with E-state index in [1.54, 1.807) is 6.07 Å². The SMILES string of the molecule is CC(C)(C)c1cc(N2CCOCC2)nc(SCc2ccc(C(=O)[O-])o2)n1. The fourth-order valence-electron chi connectivity index (χ4n) is 2.52. The van der Waals surface area contributed by atoms with Crippen LogP contribution in [-0.2, 0) is 15.9 Å².